The second-order valence-corrected chi connectivity index (χ2v) is 4.90. The van der Waals surface area contributed by atoms with Crippen LogP contribution in [0.4, 0.5) is 0 Å². The minimum absolute atomic E-state index is 0.403. The van der Waals surface area contributed by atoms with Crippen molar-refractivity contribution in [1.82, 2.24) is 4.31 Å². The number of hydrogen-bond acceptors (Lipinski definition) is 4. The summed E-state index contributed by atoms with van der Waals surface area (Å²) in [5.74, 6) is 0. The normalized spacial score (nSPS) is 12.5. The molecule has 1 aromatic carbocycles. The number of benzene rings is 1. The van der Waals surface area contributed by atoms with E-state index in [0.29, 0.717) is 23.4 Å². The smallest absolute Gasteiger partial charge is 0.425 e. The van der Waals surface area contributed by atoms with E-state index < -0.39 is 18.0 Å². The average molecular weight is 254 g/mol. The van der Waals surface area contributed by atoms with E-state index in [4.69, 9.17) is 0 Å². The van der Waals surface area contributed by atoms with Crippen molar-refractivity contribution in [1.29, 1.82) is 0 Å². The van der Waals surface area contributed by atoms with Crippen LogP contribution in [0, 0.1) is 4.91 Å². The summed E-state index contributed by atoms with van der Waals surface area (Å²) in [5.41, 5.74) is 0.403. The van der Waals surface area contributed by atoms with Gasteiger partial charge < -0.3 is 5.02 Å². The van der Waals surface area contributed by atoms with Crippen LogP contribution in [0.5, 0.6) is 0 Å². The fourth-order valence-corrected chi connectivity index (χ4v) is 2.56. The molecule has 0 aliphatic carbocycles. The zero-order valence-electron chi connectivity index (χ0n) is 9.87. The molecule has 1 N–H and O–H groups in total. The zero-order valence-corrected chi connectivity index (χ0v) is 10.7. The Hall–Kier alpha value is -1.05. The summed E-state index contributed by atoms with van der Waals surface area (Å²) in [6.07, 6.45) is 0. The van der Waals surface area contributed by atoms with Crippen molar-refractivity contribution in [2.24, 2.45) is 5.09 Å². The van der Waals surface area contributed by atoms with Crippen molar-refractivity contribution in [2.75, 3.05) is 13.1 Å². The molecule has 0 aliphatic heterocycles. The quantitative estimate of drug-likeness (QED) is 0.593. The summed E-state index contributed by atoms with van der Waals surface area (Å²) >= 11 is 0. The number of nitroso groups, excluding NO2 is 1. The third-order valence-corrected chi connectivity index (χ3v) is 4.08. The first-order valence-electron chi connectivity index (χ1n) is 5.41. The van der Waals surface area contributed by atoms with Gasteiger partial charge in [0.2, 0.25) is 0 Å². The molecule has 1 unspecified atom stereocenters. The summed E-state index contributed by atoms with van der Waals surface area (Å²) in [6.45, 7) is 5.28. The Balaban J connectivity index is 2.87. The Morgan fingerprint density at radius 3 is 2.24 bits per heavy atom. The van der Waals surface area contributed by atoms with Crippen LogP contribution in [0.25, 0.3) is 0 Å². The van der Waals surface area contributed by atoms with Gasteiger partial charge in [0.1, 0.15) is 11.0 Å². The van der Waals surface area contributed by atoms with Crippen molar-refractivity contribution in [3.8, 4) is 0 Å². The molecule has 0 radical (unpaired) electrons. The Labute approximate surface area is 104 Å². The third-order valence-electron chi connectivity index (χ3n) is 2.42. The Kier molecular flexibility index (Phi) is 5.47. The maximum Gasteiger partial charge on any atom is 0.517 e. The van der Waals surface area contributed by atoms with Gasteiger partial charge in [-0.15, -0.1) is 0 Å². The van der Waals surface area contributed by atoms with Crippen molar-refractivity contribution < 1.29 is 9.23 Å². The third kappa shape index (κ3) is 3.45. The van der Waals surface area contributed by atoms with Gasteiger partial charge >= 0.3 is 7.05 Å². The van der Waals surface area contributed by atoms with Gasteiger partial charge in [-0.2, -0.15) is 4.91 Å². The Bertz CT molecular complexity index is 395. The maximum atomic E-state index is 12.0. The molecular weight excluding hydrogens is 239 g/mol. The lowest BCUT2D eigenvalue weighted by Gasteiger charge is -2.16. The van der Waals surface area contributed by atoms with Gasteiger partial charge in [-0.3, -0.25) is 0 Å². The summed E-state index contributed by atoms with van der Waals surface area (Å²) in [7, 11) is -2.56. The first-order chi connectivity index (χ1) is 8.13. The van der Waals surface area contributed by atoms with Crippen molar-refractivity contribution in [3.05, 3.63) is 29.2 Å². The molecular formula is C10H15BN2O3S. The molecule has 0 heterocycles. The van der Waals surface area contributed by atoms with E-state index in [9.17, 15) is 14.1 Å². The van der Waals surface area contributed by atoms with E-state index in [1.54, 1.807) is 24.3 Å². The number of rotatable bonds is 6. The molecule has 0 spiro atoms. The van der Waals surface area contributed by atoms with Crippen LogP contribution in [0.2, 0.25) is 0 Å². The maximum absolute atomic E-state index is 12.0. The lowest BCUT2D eigenvalue weighted by atomic mass is 9.76. The molecule has 0 fully saturated rings. The molecule has 1 atom stereocenters. The highest BCUT2D eigenvalue weighted by molar-refractivity contribution is 7.82. The average Bonchev–Trinajstić information content (AvgIpc) is 2.39. The summed E-state index contributed by atoms with van der Waals surface area (Å²) in [4.78, 5) is 10.8. The summed E-state index contributed by atoms with van der Waals surface area (Å²) in [6, 6.07) is 6.39. The van der Waals surface area contributed by atoms with E-state index in [0.717, 1.165) is 0 Å². The largest absolute Gasteiger partial charge is 0.517 e. The molecule has 0 amide bonds. The zero-order chi connectivity index (χ0) is 12.8. The molecule has 92 valence electrons. The fourth-order valence-electron chi connectivity index (χ4n) is 1.42. The molecule has 5 nitrogen and oxygen atoms in total. The lowest BCUT2D eigenvalue weighted by molar-refractivity contribution is 0.489. The topological polar surface area (TPSA) is 70.0 Å². The van der Waals surface area contributed by atoms with Gasteiger partial charge in [0.15, 0.2) is 0 Å². The number of hydrogen-bond donors (Lipinski definition) is 1. The monoisotopic (exact) mass is 254 g/mol. The predicted molar refractivity (Wildman–Crippen MR) is 69.2 cm³/mol. The van der Waals surface area contributed by atoms with Crippen LogP contribution in [0.15, 0.2) is 34.2 Å². The van der Waals surface area contributed by atoms with Crippen LogP contribution in [0.3, 0.4) is 0 Å². The van der Waals surface area contributed by atoms with Gasteiger partial charge in [0, 0.05) is 13.1 Å². The molecule has 17 heavy (non-hydrogen) atoms. The fraction of sp³-hybridized carbons (Fsp3) is 0.400. The highest BCUT2D eigenvalue weighted by atomic mass is 32.2. The second-order valence-electron chi connectivity index (χ2n) is 3.41. The van der Waals surface area contributed by atoms with E-state index in [-0.39, 0.29) is 0 Å². The van der Waals surface area contributed by atoms with E-state index in [2.05, 4.69) is 5.09 Å². The van der Waals surface area contributed by atoms with Gasteiger partial charge in [-0.1, -0.05) is 31.1 Å². The minimum Gasteiger partial charge on any atom is -0.425 e. The molecule has 1 rings (SSSR count). The molecule has 0 aliphatic rings. The molecule has 0 aromatic heterocycles. The number of nitrogens with zero attached hydrogens (tertiary/aromatic N) is 2. The molecule has 7 heteroatoms. The summed E-state index contributed by atoms with van der Waals surface area (Å²) < 4.78 is 13.9. The van der Waals surface area contributed by atoms with Gasteiger partial charge in [0.25, 0.3) is 0 Å². The van der Waals surface area contributed by atoms with Crippen LogP contribution >= 0.6 is 0 Å². The molecule has 0 saturated heterocycles. The van der Waals surface area contributed by atoms with E-state index in [1.807, 2.05) is 18.2 Å². The van der Waals surface area contributed by atoms with E-state index >= 15 is 0 Å². The SMILES string of the molecule is CCN(CC)S(=O)c1ccc(B(O)N=O)cc1. The lowest BCUT2D eigenvalue weighted by Crippen LogP contribution is -2.28. The Morgan fingerprint density at radius 1 is 1.29 bits per heavy atom. The summed E-state index contributed by atoms with van der Waals surface area (Å²) in [5, 5.41) is 11.7. The van der Waals surface area contributed by atoms with Crippen LogP contribution in [-0.4, -0.2) is 33.7 Å². The van der Waals surface area contributed by atoms with Gasteiger partial charge in [-0.05, 0) is 17.6 Å². The standard InChI is InChI=1S/C10H15BN2O3S/c1-3-13(4-2)17(16)10-7-5-9(6-8-10)11(14)12-15/h5-8,14H,3-4H2,1-2H3. The van der Waals surface area contributed by atoms with Crippen LogP contribution < -0.4 is 5.46 Å². The molecule has 1 aromatic rings. The van der Waals surface area contributed by atoms with Crippen molar-refractivity contribution >= 4 is 23.5 Å². The van der Waals surface area contributed by atoms with Gasteiger partial charge in [0.05, 0.1) is 4.90 Å². The van der Waals surface area contributed by atoms with Crippen LogP contribution in [-0.2, 0) is 11.0 Å². The first-order valence-corrected chi connectivity index (χ1v) is 6.52. The van der Waals surface area contributed by atoms with Gasteiger partial charge in [-0.25, -0.2) is 8.51 Å². The second kappa shape index (κ2) is 6.63. The highest BCUT2D eigenvalue weighted by Gasteiger charge is 2.17. The predicted octanol–water partition coefficient (Wildman–Crippen LogP) is 0.505. The molecule has 0 saturated carbocycles. The first kappa shape index (κ1) is 14.0. The highest BCUT2D eigenvalue weighted by Crippen LogP contribution is 2.09. The van der Waals surface area contributed by atoms with Crippen LogP contribution in [0.1, 0.15) is 13.8 Å². The van der Waals surface area contributed by atoms with E-state index in [1.165, 1.54) is 0 Å². The van der Waals surface area contributed by atoms with Crippen molar-refractivity contribution in [2.45, 2.75) is 18.7 Å². The Morgan fingerprint density at radius 2 is 1.82 bits per heavy atom. The van der Waals surface area contributed by atoms with Crippen molar-refractivity contribution in [3.63, 3.8) is 0 Å². The molecule has 0 bridgehead atoms. The minimum atomic E-state index is -1.36.